The Morgan fingerprint density at radius 3 is 2.68 bits per heavy atom. The second kappa shape index (κ2) is 7.31. The summed E-state index contributed by atoms with van der Waals surface area (Å²) >= 11 is 0. The summed E-state index contributed by atoms with van der Waals surface area (Å²) in [5.74, 6) is 0.254. The van der Waals surface area contributed by atoms with Crippen LogP contribution in [0.5, 0.6) is 0 Å². The van der Waals surface area contributed by atoms with E-state index in [-0.39, 0.29) is 18.1 Å². The first-order chi connectivity index (χ1) is 13.5. The quantitative estimate of drug-likeness (QED) is 0.557. The first-order valence-corrected chi connectivity index (χ1v) is 9.11. The Morgan fingerprint density at radius 1 is 1.21 bits per heavy atom. The lowest BCUT2D eigenvalue weighted by Crippen LogP contribution is -2.32. The van der Waals surface area contributed by atoms with Crippen LogP contribution in [-0.4, -0.2) is 20.4 Å². The molecule has 2 heterocycles. The van der Waals surface area contributed by atoms with Crippen molar-refractivity contribution in [2.45, 2.75) is 19.4 Å². The molecule has 0 radical (unpaired) electrons. The van der Waals surface area contributed by atoms with Crippen LogP contribution in [0.15, 0.2) is 60.9 Å². The number of carbonyl (C=O) groups is 1. The molecule has 0 bridgehead atoms. The zero-order valence-corrected chi connectivity index (χ0v) is 15.7. The lowest BCUT2D eigenvalue weighted by atomic mass is 10.0. The topological polar surface area (TPSA) is 62.7 Å². The minimum atomic E-state index is -0.460. The third-order valence-corrected chi connectivity index (χ3v) is 4.99. The van der Waals surface area contributed by atoms with Gasteiger partial charge in [-0.25, -0.2) is 9.37 Å². The molecule has 6 heteroatoms. The Labute approximate surface area is 162 Å². The predicted molar refractivity (Wildman–Crippen MR) is 106 cm³/mol. The summed E-state index contributed by atoms with van der Waals surface area (Å²) in [7, 11) is 1.87. The first-order valence-electron chi connectivity index (χ1n) is 9.11. The molecule has 1 atom stereocenters. The number of carbonyl (C=O) groups excluding carboxylic acids is 1. The van der Waals surface area contributed by atoms with E-state index in [1.807, 2.05) is 49.0 Å². The van der Waals surface area contributed by atoms with Crippen LogP contribution in [0.4, 0.5) is 4.39 Å². The molecule has 28 heavy (non-hydrogen) atoms. The smallest absolute Gasteiger partial charge is 0.225 e. The minimum absolute atomic E-state index is 0.120. The second-order valence-electron chi connectivity index (χ2n) is 6.90. The van der Waals surface area contributed by atoms with E-state index >= 15 is 0 Å². The predicted octanol–water partition coefficient (Wildman–Crippen LogP) is 3.80. The number of imidazole rings is 1. The Hall–Kier alpha value is -3.41. The zero-order chi connectivity index (χ0) is 19.7. The highest BCUT2D eigenvalue weighted by molar-refractivity contribution is 5.90. The Balaban J connectivity index is 1.63. The molecule has 0 saturated carbocycles. The number of aromatic amines is 1. The zero-order valence-electron chi connectivity index (χ0n) is 15.7. The van der Waals surface area contributed by atoms with E-state index < -0.39 is 6.04 Å². The van der Waals surface area contributed by atoms with Gasteiger partial charge in [0.25, 0.3) is 0 Å². The highest BCUT2D eigenvalue weighted by atomic mass is 19.1. The number of nitrogens with one attached hydrogen (secondary N) is 2. The van der Waals surface area contributed by atoms with Crippen molar-refractivity contribution in [3.8, 4) is 0 Å². The summed E-state index contributed by atoms with van der Waals surface area (Å²) in [5, 5.41) is 4.11. The van der Waals surface area contributed by atoms with Crippen molar-refractivity contribution < 1.29 is 9.18 Å². The lowest BCUT2D eigenvalue weighted by Gasteiger charge is -2.19. The molecule has 0 aliphatic heterocycles. The number of aromatic nitrogens is 3. The molecule has 0 aliphatic carbocycles. The molecule has 0 aliphatic rings. The van der Waals surface area contributed by atoms with E-state index in [2.05, 4.69) is 15.3 Å². The van der Waals surface area contributed by atoms with Crippen LogP contribution < -0.4 is 5.32 Å². The number of fused-ring (bicyclic) bond motifs is 1. The van der Waals surface area contributed by atoms with E-state index in [0.29, 0.717) is 5.82 Å². The molecule has 2 aromatic heterocycles. The van der Waals surface area contributed by atoms with Crippen LogP contribution in [0.3, 0.4) is 0 Å². The van der Waals surface area contributed by atoms with Crippen LogP contribution in [0, 0.1) is 12.7 Å². The van der Waals surface area contributed by atoms with Gasteiger partial charge in [0.2, 0.25) is 5.91 Å². The normalized spacial score (nSPS) is 12.2. The summed E-state index contributed by atoms with van der Waals surface area (Å²) < 4.78 is 15.2. The third-order valence-electron chi connectivity index (χ3n) is 4.99. The Kier molecular flexibility index (Phi) is 4.69. The fraction of sp³-hybridized carbons (Fsp3) is 0.182. The third kappa shape index (κ3) is 3.41. The maximum atomic E-state index is 13.4. The molecular weight excluding hydrogens is 355 g/mol. The average molecular weight is 376 g/mol. The van der Waals surface area contributed by atoms with Gasteiger partial charge in [0.15, 0.2) is 0 Å². The van der Waals surface area contributed by atoms with Gasteiger partial charge in [-0.1, -0.05) is 30.3 Å². The number of H-pyrrole nitrogens is 1. The largest absolute Gasteiger partial charge is 0.358 e. The molecule has 4 aromatic rings. The van der Waals surface area contributed by atoms with Crippen molar-refractivity contribution in [3.05, 3.63) is 89.4 Å². The minimum Gasteiger partial charge on any atom is -0.358 e. The fourth-order valence-electron chi connectivity index (χ4n) is 3.54. The van der Waals surface area contributed by atoms with Crippen molar-refractivity contribution in [1.29, 1.82) is 0 Å². The van der Waals surface area contributed by atoms with Crippen LogP contribution in [-0.2, 0) is 18.3 Å². The average Bonchev–Trinajstić information content (AvgIpc) is 3.24. The summed E-state index contributed by atoms with van der Waals surface area (Å²) in [6.45, 7) is 1.97. The standard InChI is InChI=1S/C22H21FN4O/c1-14-18(17-5-3-4-6-19(17)25-14)13-20(28)26-21(22-24-11-12-27(22)2)15-7-9-16(23)10-8-15/h3-12,21,25H,13H2,1-2H3,(H,26,28)/t21-/m1/s1. The summed E-state index contributed by atoms with van der Waals surface area (Å²) in [4.78, 5) is 20.6. The van der Waals surface area contributed by atoms with Gasteiger partial charge in [-0.15, -0.1) is 0 Å². The number of para-hydroxylation sites is 1. The van der Waals surface area contributed by atoms with E-state index in [0.717, 1.165) is 27.7 Å². The number of halogens is 1. The number of aryl methyl sites for hydroxylation is 2. The van der Waals surface area contributed by atoms with Crippen LogP contribution in [0.25, 0.3) is 10.9 Å². The molecule has 4 rings (SSSR count). The van der Waals surface area contributed by atoms with Gasteiger partial charge in [-0.3, -0.25) is 4.79 Å². The SMILES string of the molecule is Cc1[nH]c2ccccc2c1CC(=O)N[C@H](c1ccc(F)cc1)c1nccn1C. The van der Waals surface area contributed by atoms with E-state index in [9.17, 15) is 9.18 Å². The van der Waals surface area contributed by atoms with Gasteiger partial charge in [0.05, 0.1) is 6.42 Å². The fourth-order valence-corrected chi connectivity index (χ4v) is 3.54. The second-order valence-corrected chi connectivity index (χ2v) is 6.90. The molecule has 0 spiro atoms. The number of benzene rings is 2. The molecule has 5 nitrogen and oxygen atoms in total. The number of nitrogens with zero attached hydrogens (tertiary/aromatic N) is 2. The molecule has 0 saturated heterocycles. The first kappa shape index (κ1) is 18.0. The van der Waals surface area contributed by atoms with Gasteiger partial charge in [-0.2, -0.15) is 0 Å². The van der Waals surface area contributed by atoms with Gasteiger partial charge < -0.3 is 14.9 Å². The van der Waals surface area contributed by atoms with Gasteiger partial charge in [0, 0.05) is 36.0 Å². The van der Waals surface area contributed by atoms with Crippen molar-refractivity contribution in [2.24, 2.45) is 7.05 Å². The summed E-state index contributed by atoms with van der Waals surface area (Å²) in [6, 6.07) is 13.6. The lowest BCUT2D eigenvalue weighted by molar-refractivity contribution is -0.121. The molecule has 2 aromatic carbocycles. The molecule has 142 valence electrons. The number of amides is 1. The Morgan fingerprint density at radius 2 is 1.96 bits per heavy atom. The van der Waals surface area contributed by atoms with Crippen molar-refractivity contribution in [1.82, 2.24) is 19.9 Å². The summed E-state index contributed by atoms with van der Waals surface area (Å²) in [5.41, 5.74) is 3.75. The van der Waals surface area contributed by atoms with Crippen molar-refractivity contribution >= 4 is 16.8 Å². The van der Waals surface area contributed by atoms with Gasteiger partial charge in [0.1, 0.15) is 17.7 Å². The molecule has 0 fully saturated rings. The molecular formula is C22H21FN4O. The maximum absolute atomic E-state index is 13.4. The molecule has 1 amide bonds. The summed E-state index contributed by atoms with van der Waals surface area (Å²) in [6.07, 6.45) is 3.75. The van der Waals surface area contributed by atoms with E-state index in [1.54, 1.807) is 18.3 Å². The maximum Gasteiger partial charge on any atom is 0.225 e. The van der Waals surface area contributed by atoms with E-state index in [4.69, 9.17) is 0 Å². The van der Waals surface area contributed by atoms with Crippen LogP contribution in [0.2, 0.25) is 0 Å². The monoisotopic (exact) mass is 376 g/mol. The van der Waals surface area contributed by atoms with Gasteiger partial charge >= 0.3 is 0 Å². The Bertz CT molecular complexity index is 1130. The number of hydrogen-bond donors (Lipinski definition) is 2. The van der Waals surface area contributed by atoms with Gasteiger partial charge in [-0.05, 0) is 36.2 Å². The van der Waals surface area contributed by atoms with E-state index in [1.165, 1.54) is 12.1 Å². The number of hydrogen-bond acceptors (Lipinski definition) is 2. The molecule has 2 N–H and O–H groups in total. The van der Waals surface area contributed by atoms with Crippen molar-refractivity contribution in [3.63, 3.8) is 0 Å². The van der Waals surface area contributed by atoms with Crippen LogP contribution in [0.1, 0.15) is 28.7 Å². The number of rotatable bonds is 5. The van der Waals surface area contributed by atoms with Crippen molar-refractivity contribution in [2.75, 3.05) is 0 Å². The molecule has 0 unspecified atom stereocenters. The van der Waals surface area contributed by atoms with Crippen LogP contribution >= 0.6 is 0 Å². The highest BCUT2D eigenvalue weighted by Gasteiger charge is 2.22. The highest BCUT2D eigenvalue weighted by Crippen LogP contribution is 2.24.